The van der Waals surface area contributed by atoms with Gasteiger partial charge in [-0.3, -0.25) is 4.79 Å². The molecule has 2 aromatic rings. The summed E-state index contributed by atoms with van der Waals surface area (Å²) in [5, 5.41) is 4.03. The van der Waals surface area contributed by atoms with Crippen molar-refractivity contribution in [2.24, 2.45) is 0 Å². The van der Waals surface area contributed by atoms with Gasteiger partial charge in [0, 0.05) is 31.9 Å². The van der Waals surface area contributed by atoms with Crippen LogP contribution in [0.5, 0.6) is 0 Å². The van der Waals surface area contributed by atoms with Gasteiger partial charge in [-0.25, -0.2) is 4.39 Å². The molecule has 0 radical (unpaired) electrons. The lowest BCUT2D eigenvalue weighted by molar-refractivity contribution is -0.130. The molecule has 1 aromatic heterocycles. The van der Waals surface area contributed by atoms with Crippen molar-refractivity contribution in [1.82, 2.24) is 4.90 Å². The first-order valence-electron chi connectivity index (χ1n) is 7.52. The van der Waals surface area contributed by atoms with Crippen molar-refractivity contribution in [1.29, 1.82) is 0 Å². The quantitative estimate of drug-likeness (QED) is 0.868. The first-order valence-corrected chi connectivity index (χ1v) is 8.46. The van der Waals surface area contributed by atoms with Gasteiger partial charge >= 0.3 is 0 Å². The maximum atomic E-state index is 13.0. The van der Waals surface area contributed by atoms with E-state index >= 15 is 0 Å². The molecule has 1 aromatic carbocycles. The predicted octanol–water partition coefficient (Wildman–Crippen LogP) is 3.17. The fraction of sp³-hybridized carbons (Fsp3) is 0.353. The maximum Gasteiger partial charge on any atom is 0.227 e. The zero-order valence-electron chi connectivity index (χ0n) is 12.4. The predicted molar refractivity (Wildman–Crippen MR) is 87.8 cm³/mol. The van der Waals surface area contributed by atoms with Crippen LogP contribution in [0.25, 0.3) is 0 Å². The number of amides is 1. The molecule has 0 atom stereocenters. The normalized spacial score (nSPS) is 15.7. The molecule has 1 amide bonds. The summed E-state index contributed by atoms with van der Waals surface area (Å²) < 4.78 is 13.0. The number of rotatable bonds is 3. The third-order valence-corrected chi connectivity index (χ3v) is 4.71. The van der Waals surface area contributed by atoms with E-state index in [1.54, 1.807) is 23.5 Å². The molecular formula is C17H19FN2OS. The van der Waals surface area contributed by atoms with Crippen LogP contribution in [0.2, 0.25) is 0 Å². The molecule has 116 valence electrons. The van der Waals surface area contributed by atoms with Crippen molar-refractivity contribution in [3.05, 3.63) is 52.5 Å². The highest BCUT2D eigenvalue weighted by molar-refractivity contribution is 7.07. The van der Waals surface area contributed by atoms with Crippen LogP contribution in [-0.4, -0.2) is 37.0 Å². The lowest BCUT2D eigenvalue weighted by Gasteiger charge is -2.23. The number of carbonyl (C=O) groups is 1. The molecule has 0 aliphatic carbocycles. The van der Waals surface area contributed by atoms with Gasteiger partial charge in [0.05, 0.1) is 6.42 Å². The average molecular weight is 318 g/mol. The standard InChI is InChI=1S/C17H19FN2OS/c18-15-2-4-16(5-3-15)19-7-1-8-20(10-9-19)17(21)12-14-6-11-22-13-14/h2-6,11,13H,1,7-10,12H2. The Balaban J connectivity index is 1.59. The van der Waals surface area contributed by atoms with Gasteiger partial charge in [0.1, 0.15) is 5.82 Å². The minimum Gasteiger partial charge on any atom is -0.370 e. The Labute approximate surface area is 134 Å². The second-order valence-corrected chi connectivity index (χ2v) is 6.29. The second-order valence-electron chi connectivity index (χ2n) is 5.51. The topological polar surface area (TPSA) is 23.6 Å². The van der Waals surface area contributed by atoms with E-state index in [4.69, 9.17) is 0 Å². The lowest BCUT2D eigenvalue weighted by Crippen LogP contribution is -2.36. The third kappa shape index (κ3) is 3.65. The van der Waals surface area contributed by atoms with Gasteiger partial charge in [-0.05, 0) is 53.1 Å². The highest BCUT2D eigenvalue weighted by atomic mass is 32.1. The van der Waals surface area contributed by atoms with E-state index in [9.17, 15) is 9.18 Å². The largest absolute Gasteiger partial charge is 0.370 e. The molecule has 0 bridgehead atoms. The van der Waals surface area contributed by atoms with Gasteiger partial charge in [-0.2, -0.15) is 11.3 Å². The summed E-state index contributed by atoms with van der Waals surface area (Å²) in [5.41, 5.74) is 2.11. The zero-order chi connectivity index (χ0) is 15.4. The number of benzene rings is 1. The number of carbonyl (C=O) groups excluding carboxylic acids is 1. The van der Waals surface area contributed by atoms with Crippen LogP contribution < -0.4 is 4.90 Å². The summed E-state index contributed by atoms with van der Waals surface area (Å²) in [6.07, 6.45) is 1.42. The van der Waals surface area contributed by atoms with Crippen molar-refractivity contribution in [3.8, 4) is 0 Å². The summed E-state index contributed by atoms with van der Waals surface area (Å²) in [7, 11) is 0. The van der Waals surface area contributed by atoms with Gasteiger partial charge in [0.25, 0.3) is 0 Å². The van der Waals surface area contributed by atoms with Crippen LogP contribution in [0.4, 0.5) is 10.1 Å². The van der Waals surface area contributed by atoms with Crippen molar-refractivity contribution < 1.29 is 9.18 Å². The number of halogens is 1. The summed E-state index contributed by atoms with van der Waals surface area (Å²) in [6, 6.07) is 8.58. The maximum absolute atomic E-state index is 13.0. The molecule has 1 fully saturated rings. The molecule has 5 heteroatoms. The minimum absolute atomic E-state index is 0.194. The molecule has 22 heavy (non-hydrogen) atoms. The van der Waals surface area contributed by atoms with Crippen molar-refractivity contribution in [2.45, 2.75) is 12.8 Å². The van der Waals surface area contributed by atoms with Crippen LogP contribution in [0.3, 0.4) is 0 Å². The fourth-order valence-corrected chi connectivity index (χ4v) is 3.43. The van der Waals surface area contributed by atoms with Crippen molar-refractivity contribution in [3.63, 3.8) is 0 Å². The van der Waals surface area contributed by atoms with Gasteiger partial charge in [-0.1, -0.05) is 0 Å². The zero-order valence-corrected chi connectivity index (χ0v) is 13.2. The molecule has 0 spiro atoms. The third-order valence-electron chi connectivity index (χ3n) is 3.98. The Morgan fingerprint density at radius 1 is 1.09 bits per heavy atom. The molecule has 0 saturated carbocycles. The summed E-state index contributed by atoms with van der Waals surface area (Å²) in [5.74, 6) is -0.0227. The summed E-state index contributed by atoms with van der Waals surface area (Å²) in [6.45, 7) is 3.20. The first kappa shape index (κ1) is 15.0. The number of anilines is 1. The number of hydrogen-bond acceptors (Lipinski definition) is 3. The molecule has 3 nitrogen and oxygen atoms in total. The van der Waals surface area contributed by atoms with E-state index in [2.05, 4.69) is 4.90 Å². The average Bonchev–Trinajstić information content (AvgIpc) is 2.90. The van der Waals surface area contributed by atoms with Crippen LogP contribution in [0, 0.1) is 5.82 Å². The Morgan fingerprint density at radius 2 is 1.91 bits per heavy atom. The summed E-state index contributed by atoms with van der Waals surface area (Å²) in [4.78, 5) is 16.5. The van der Waals surface area contributed by atoms with E-state index < -0.39 is 0 Å². The molecule has 1 aliphatic rings. The highest BCUT2D eigenvalue weighted by Gasteiger charge is 2.19. The van der Waals surface area contributed by atoms with Gasteiger partial charge in [-0.15, -0.1) is 0 Å². The Kier molecular flexibility index (Phi) is 4.73. The monoisotopic (exact) mass is 318 g/mol. The van der Waals surface area contributed by atoms with Crippen LogP contribution in [0.15, 0.2) is 41.1 Å². The van der Waals surface area contributed by atoms with E-state index in [0.717, 1.165) is 43.9 Å². The van der Waals surface area contributed by atoms with Crippen LogP contribution in [0.1, 0.15) is 12.0 Å². The van der Waals surface area contributed by atoms with E-state index in [1.165, 1.54) is 12.1 Å². The molecule has 0 N–H and O–H groups in total. The fourth-order valence-electron chi connectivity index (χ4n) is 2.76. The number of nitrogens with zero attached hydrogens (tertiary/aromatic N) is 2. The second kappa shape index (κ2) is 6.92. The van der Waals surface area contributed by atoms with E-state index in [0.29, 0.717) is 6.42 Å². The molecule has 2 heterocycles. The molecule has 1 aliphatic heterocycles. The summed E-state index contributed by atoms with van der Waals surface area (Å²) >= 11 is 1.62. The van der Waals surface area contributed by atoms with Gasteiger partial charge in [0.2, 0.25) is 5.91 Å². The molecule has 1 saturated heterocycles. The Morgan fingerprint density at radius 3 is 2.64 bits per heavy atom. The van der Waals surface area contributed by atoms with Crippen molar-refractivity contribution in [2.75, 3.05) is 31.1 Å². The Hall–Kier alpha value is -1.88. The van der Waals surface area contributed by atoms with E-state index in [-0.39, 0.29) is 11.7 Å². The molecule has 3 rings (SSSR count). The Bertz CT molecular complexity index is 612. The van der Waals surface area contributed by atoms with Gasteiger partial charge < -0.3 is 9.80 Å². The van der Waals surface area contributed by atoms with Crippen LogP contribution in [-0.2, 0) is 11.2 Å². The van der Waals surface area contributed by atoms with Crippen LogP contribution >= 0.6 is 11.3 Å². The van der Waals surface area contributed by atoms with Gasteiger partial charge in [0.15, 0.2) is 0 Å². The number of hydrogen-bond donors (Lipinski definition) is 0. The smallest absolute Gasteiger partial charge is 0.227 e. The SMILES string of the molecule is O=C(Cc1ccsc1)N1CCCN(c2ccc(F)cc2)CC1. The first-order chi connectivity index (χ1) is 10.7. The molecular weight excluding hydrogens is 299 g/mol. The van der Waals surface area contributed by atoms with Crippen molar-refractivity contribution >= 4 is 22.9 Å². The molecule has 0 unspecified atom stereocenters. The minimum atomic E-state index is -0.217. The highest BCUT2D eigenvalue weighted by Crippen LogP contribution is 2.17. The number of thiophene rings is 1. The van der Waals surface area contributed by atoms with E-state index in [1.807, 2.05) is 21.7 Å². The lowest BCUT2D eigenvalue weighted by atomic mass is 10.2.